The Morgan fingerprint density at radius 3 is 1.51 bits per heavy atom. The first kappa shape index (κ1) is 32.8. The summed E-state index contributed by atoms with van der Waals surface area (Å²) in [5, 5.41) is 40.1. The van der Waals surface area contributed by atoms with Crippen LogP contribution >= 0.6 is 0 Å². The molecule has 0 amide bonds. The van der Waals surface area contributed by atoms with Gasteiger partial charge >= 0.3 is 0 Å². The lowest BCUT2D eigenvalue weighted by molar-refractivity contribution is 0.303. The van der Waals surface area contributed by atoms with Crippen LogP contribution < -0.4 is 5.32 Å². The number of nitrogens with one attached hydrogen (secondary N) is 1. The molecule has 0 unspecified atom stereocenters. The third-order valence-electron chi connectivity index (χ3n) is 7.46. The van der Waals surface area contributed by atoms with Crippen LogP contribution in [0.2, 0.25) is 0 Å². The molecule has 0 saturated carbocycles. The van der Waals surface area contributed by atoms with Crippen LogP contribution in [-0.2, 0) is 12.8 Å². The molecule has 0 bridgehead atoms. The Labute approximate surface area is 274 Å². The van der Waals surface area contributed by atoms with Crippen LogP contribution in [0, 0.1) is 0 Å². The van der Waals surface area contributed by atoms with Crippen molar-refractivity contribution in [2.75, 3.05) is 31.5 Å². The van der Waals surface area contributed by atoms with Crippen LogP contribution in [0.3, 0.4) is 0 Å². The molecule has 0 aliphatic rings. The van der Waals surface area contributed by atoms with Gasteiger partial charge in [-0.25, -0.2) is 4.98 Å². The fourth-order valence-electron chi connectivity index (χ4n) is 4.80. The SMILES string of the molecule is CCN(CC)CCCNc1nc(Cc2ccc(N=Nc3ccccc3O)cc2)nc(Cc2ccc(N=Nc3ccccc3O)cc2)n1. The summed E-state index contributed by atoms with van der Waals surface area (Å²) >= 11 is 0. The van der Waals surface area contributed by atoms with Gasteiger partial charge in [0.1, 0.15) is 34.5 Å². The fourth-order valence-corrected chi connectivity index (χ4v) is 4.80. The fraction of sp³-hybridized carbons (Fsp3) is 0.250. The highest BCUT2D eigenvalue weighted by atomic mass is 16.3. The first-order valence-electron chi connectivity index (χ1n) is 15.8. The number of phenols is 2. The van der Waals surface area contributed by atoms with Crippen molar-refractivity contribution in [3.8, 4) is 11.5 Å². The zero-order valence-electron chi connectivity index (χ0n) is 26.7. The zero-order valence-corrected chi connectivity index (χ0v) is 26.7. The van der Waals surface area contributed by atoms with Gasteiger partial charge in [-0.05, 0) is 85.7 Å². The van der Waals surface area contributed by atoms with Gasteiger partial charge in [0, 0.05) is 19.4 Å². The highest BCUT2D eigenvalue weighted by Gasteiger charge is 2.10. The monoisotopic (exact) mass is 629 g/mol. The molecule has 0 aliphatic carbocycles. The Bertz CT molecular complexity index is 1670. The van der Waals surface area contributed by atoms with Crippen LogP contribution in [0.25, 0.3) is 0 Å². The summed E-state index contributed by atoms with van der Waals surface area (Å²) in [7, 11) is 0. The minimum atomic E-state index is 0.0849. The van der Waals surface area contributed by atoms with E-state index in [1.165, 1.54) is 0 Å². The Kier molecular flexibility index (Phi) is 11.6. The van der Waals surface area contributed by atoms with Crippen molar-refractivity contribution < 1.29 is 10.2 Å². The van der Waals surface area contributed by atoms with E-state index >= 15 is 0 Å². The van der Waals surface area contributed by atoms with Crippen molar-refractivity contribution in [3.05, 3.63) is 120 Å². The lowest BCUT2D eigenvalue weighted by Gasteiger charge is -2.17. The molecule has 0 saturated heterocycles. The van der Waals surface area contributed by atoms with E-state index < -0.39 is 0 Å². The summed E-state index contributed by atoms with van der Waals surface area (Å²) in [6.45, 7) is 8.17. The number of rotatable bonds is 15. The molecule has 1 aromatic heterocycles. The number of hydrogen-bond donors (Lipinski definition) is 3. The largest absolute Gasteiger partial charge is 0.506 e. The van der Waals surface area contributed by atoms with E-state index in [4.69, 9.17) is 15.0 Å². The number of para-hydroxylation sites is 2. The molecule has 11 nitrogen and oxygen atoms in total. The van der Waals surface area contributed by atoms with E-state index in [9.17, 15) is 10.2 Å². The standard InChI is InChI=1S/C36H39N9O2/c1-3-45(4-2)23-9-22-37-36-39-34(24-26-14-18-28(19-15-26)41-43-30-10-5-7-12-32(30)46)38-35(40-36)25-27-16-20-29(21-17-27)42-44-31-11-6-8-13-33(31)47/h5-8,10-21,46-47H,3-4,9,22-25H2,1-2H3,(H,37,38,39,40). The number of azo groups is 2. The van der Waals surface area contributed by atoms with Gasteiger partial charge in [0.15, 0.2) is 0 Å². The minimum Gasteiger partial charge on any atom is -0.506 e. The Morgan fingerprint density at radius 2 is 1.06 bits per heavy atom. The average Bonchev–Trinajstić information content (AvgIpc) is 3.09. The highest BCUT2D eigenvalue weighted by molar-refractivity contribution is 5.51. The maximum absolute atomic E-state index is 9.94. The lowest BCUT2D eigenvalue weighted by atomic mass is 10.1. The van der Waals surface area contributed by atoms with E-state index in [0.717, 1.165) is 43.7 Å². The number of benzene rings is 4. The normalized spacial score (nSPS) is 11.6. The Hall–Kier alpha value is -5.55. The predicted molar refractivity (Wildman–Crippen MR) is 184 cm³/mol. The van der Waals surface area contributed by atoms with Crippen LogP contribution in [0.15, 0.2) is 118 Å². The summed E-state index contributed by atoms with van der Waals surface area (Å²) in [5.74, 6) is 2.06. The third-order valence-corrected chi connectivity index (χ3v) is 7.46. The molecule has 240 valence electrons. The zero-order chi connectivity index (χ0) is 32.8. The van der Waals surface area contributed by atoms with Crippen molar-refractivity contribution in [1.82, 2.24) is 19.9 Å². The topological polar surface area (TPSA) is 144 Å². The van der Waals surface area contributed by atoms with E-state index in [1.54, 1.807) is 48.5 Å². The van der Waals surface area contributed by atoms with Gasteiger partial charge in [0.25, 0.3) is 0 Å². The minimum absolute atomic E-state index is 0.0849. The van der Waals surface area contributed by atoms with E-state index in [2.05, 4.69) is 44.5 Å². The van der Waals surface area contributed by atoms with Crippen molar-refractivity contribution >= 4 is 28.7 Å². The first-order chi connectivity index (χ1) is 23.0. The van der Waals surface area contributed by atoms with Gasteiger partial charge in [-0.15, -0.1) is 10.2 Å². The molecule has 47 heavy (non-hydrogen) atoms. The van der Waals surface area contributed by atoms with Crippen LogP contribution in [0.1, 0.15) is 43.0 Å². The molecule has 0 radical (unpaired) electrons. The number of aromatic hydroxyl groups is 2. The highest BCUT2D eigenvalue weighted by Crippen LogP contribution is 2.28. The molecule has 0 spiro atoms. The molecule has 11 heteroatoms. The molecule has 3 N–H and O–H groups in total. The molecule has 0 aliphatic heterocycles. The van der Waals surface area contributed by atoms with Crippen molar-refractivity contribution in [1.29, 1.82) is 0 Å². The molecule has 5 aromatic rings. The maximum Gasteiger partial charge on any atom is 0.226 e. The second kappa shape index (κ2) is 16.7. The molecular weight excluding hydrogens is 590 g/mol. The second-order valence-corrected chi connectivity index (χ2v) is 10.9. The Balaban J connectivity index is 1.29. The van der Waals surface area contributed by atoms with Gasteiger partial charge in [0.2, 0.25) is 5.95 Å². The maximum atomic E-state index is 9.94. The van der Waals surface area contributed by atoms with Crippen LogP contribution in [-0.4, -0.2) is 56.2 Å². The van der Waals surface area contributed by atoms with Crippen LogP contribution in [0.5, 0.6) is 11.5 Å². The summed E-state index contributed by atoms with van der Waals surface area (Å²) in [5.41, 5.74) is 4.22. The summed E-state index contributed by atoms with van der Waals surface area (Å²) < 4.78 is 0. The predicted octanol–water partition coefficient (Wildman–Crippen LogP) is 8.44. The molecule has 4 aromatic carbocycles. The number of phenolic OH excluding ortho intramolecular Hbond substituents is 2. The summed E-state index contributed by atoms with van der Waals surface area (Å²) in [4.78, 5) is 16.7. The molecule has 5 rings (SSSR count). The van der Waals surface area contributed by atoms with Crippen LogP contribution in [0.4, 0.5) is 28.7 Å². The van der Waals surface area contributed by atoms with Gasteiger partial charge < -0.3 is 20.4 Å². The van der Waals surface area contributed by atoms with Gasteiger partial charge in [-0.1, -0.05) is 62.4 Å². The quantitative estimate of drug-likeness (QED) is 0.0778. The van der Waals surface area contributed by atoms with Gasteiger partial charge in [0.05, 0.1) is 11.4 Å². The Morgan fingerprint density at radius 1 is 0.596 bits per heavy atom. The smallest absolute Gasteiger partial charge is 0.226 e. The second-order valence-electron chi connectivity index (χ2n) is 10.9. The number of hydrogen-bond acceptors (Lipinski definition) is 11. The molecule has 1 heterocycles. The van der Waals surface area contributed by atoms with Crippen molar-refractivity contribution in [3.63, 3.8) is 0 Å². The molecule has 0 fully saturated rings. The summed E-state index contributed by atoms with van der Waals surface area (Å²) in [6, 6.07) is 29.1. The van der Waals surface area contributed by atoms with Crippen molar-refractivity contribution in [2.24, 2.45) is 20.5 Å². The average molecular weight is 630 g/mol. The number of aromatic nitrogens is 3. The summed E-state index contributed by atoms with van der Waals surface area (Å²) in [6.07, 6.45) is 2.02. The molecule has 0 atom stereocenters. The van der Waals surface area contributed by atoms with E-state index in [0.29, 0.717) is 53.2 Å². The third kappa shape index (κ3) is 9.97. The van der Waals surface area contributed by atoms with Crippen molar-refractivity contribution in [2.45, 2.75) is 33.1 Å². The van der Waals surface area contributed by atoms with E-state index in [1.807, 2.05) is 48.5 Å². The van der Waals surface area contributed by atoms with E-state index in [-0.39, 0.29) is 11.5 Å². The lowest BCUT2D eigenvalue weighted by Crippen LogP contribution is -2.25. The molecular formula is C36H39N9O2. The van der Waals surface area contributed by atoms with Gasteiger partial charge in [-0.2, -0.15) is 20.2 Å². The van der Waals surface area contributed by atoms with Gasteiger partial charge in [-0.3, -0.25) is 0 Å². The number of anilines is 1. The first-order valence-corrected chi connectivity index (χ1v) is 15.8. The number of nitrogens with zero attached hydrogens (tertiary/aromatic N) is 8.